The summed E-state index contributed by atoms with van der Waals surface area (Å²) in [4.78, 5) is 21.4. The molecule has 3 aromatic rings. The third kappa shape index (κ3) is 1.68. The SMILES string of the molecule is CCNc1nc2nc3ccccc3n2c(=O)n1CC. The van der Waals surface area contributed by atoms with Crippen LogP contribution in [0.2, 0.25) is 0 Å². The minimum absolute atomic E-state index is 0.114. The van der Waals surface area contributed by atoms with E-state index in [0.717, 1.165) is 11.0 Å². The maximum Gasteiger partial charge on any atom is 0.338 e. The average molecular weight is 257 g/mol. The summed E-state index contributed by atoms with van der Waals surface area (Å²) >= 11 is 0. The molecule has 0 saturated heterocycles. The average Bonchev–Trinajstić information content (AvgIpc) is 2.77. The Kier molecular flexibility index (Phi) is 2.70. The Morgan fingerprint density at radius 3 is 2.74 bits per heavy atom. The van der Waals surface area contributed by atoms with E-state index in [-0.39, 0.29) is 5.69 Å². The fraction of sp³-hybridized carbons (Fsp3) is 0.308. The molecule has 1 aromatic carbocycles. The van der Waals surface area contributed by atoms with E-state index in [1.807, 2.05) is 38.1 Å². The highest BCUT2D eigenvalue weighted by Crippen LogP contribution is 2.14. The number of nitrogens with zero attached hydrogens (tertiary/aromatic N) is 4. The van der Waals surface area contributed by atoms with Gasteiger partial charge in [-0.2, -0.15) is 4.98 Å². The van der Waals surface area contributed by atoms with Crippen LogP contribution in [-0.2, 0) is 6.54 Å². The fourth-order valence-corrected chi connectivity index (χ4v) is 2.22. The lowest BCUT2D eigenvalue weighted by molar-refractivity contribution is 0.677. The Hall–Kier alpha value is -2.37. The monoisotopic (exact) mass is 257 g/mol. The van der Waals surface area contributed by atoms with Gasteiger partial charge in [0, 0.05) is 13.1 Å². The first-order chi connectivity index (χ1) is 9.26. The van der Waals surface area contributed by atoms with Crippen molar-refractivity contribution in [3.05, 3.63) is 34.7 Å². The smallest absolute Gasteiger partial charge is 0.338 e. The first kappa shape index (κ1) is 11.7. The third-order valence-electron chi connectivity index (χ3n) is 3.08. The standard InChI is InChI=1S/C13H15N5O/c1-3-14-11-16-12-15-9-7-5-6-8-10(9)18(12)13(19)17(11)4-2/h5-8H,3-4H2,1-2H3,(H,14,15,16). The van der Waals surface area contributed by atoms with E-state index in [4.69, 9.17) is 0 Å². The van der Waals surface area contributed by atoms with Crippen LogP contribution in [0.3, 0.4) is 0 Å². The normalized spacial score (nSPS) is 11.3. The summed E-state index contributed by atoms with van der Waals surface area (Å²) in [6.45, 7) is 5.17. The van der Waals surface area contributed by atoms with Crippen LogP contribution < -0.4 is 11.0 Å². The van der Waals surface area contributed by atoms with Gasteiger partial charge in [0.1, 0.15) is 0 Å². The van der Waals surface area contributed by atoms with Gasteiger partial charge in [0.05, 0.1) is 11.0 Å². The molecule has 2 heterocycles. The van der Waals surface area contributed by atoms with Crippen LogP contribution in [0.25, 0.3) is 16.8 Å². The molecule has 0 bridgehead atoms. The molecule has 6 heteroatoms. The van der Waals surface area contributed by atoms with E-state index in [2.05, 4.69) is 15.3 Å². The minimum atomic E-state index is -0.114. The molecule has 0 spiro atoms. The molecular formula is C13H15N5O. The molecule has 0 amide bonds. The third-order valence-corrected chi connectivity index (χ3v) is 3.08. The fourth-order valence-electron chi connectivity index (χ4n) is 2.22. The molecule has 98 valence electrons. The molecule has 0 aliphatic rings. The number of fused-ring (bicyclic) bond motifs is 3. The van der Waals surface area contributed by atoms with Crippen LogP contribution in [0.4, 0.5) is 5.95 Å². The van der Waals surface area contributed by atoms with Crippen molar-refractivity contribution in [3.8, 4) is 0 Å². The Bertz CT molecular complexity index is 802. The molecule has 0 fully saturated rings. The van der Waals surface area contributed by atoms with Crippen molar-refractivity contribution in [1.82, 2.24) is 18.9 Å². The maximum absolute atomic E-state index is 12.5. The highest BCUT2D eigenvalue weighted by atomic mass is 16.1. The summed E-state index contributed by atoms with van der Waals surface area (Å²) in [6.07, 6.45) is 0. The van der Waals surface area contributed by atoms with Crippen LogP contribution in [-0.4, -0.2) is 25.5 Å². The Morgan fingerprint density at radius 1 is 1.21 bits per heavy atom. The molecule has 19 heavy (non-hydrogen) atoms. The molecule has 6 nitrogen and oxygen atoms in total. The van der Waals surface area contributed by atoms with E-state index in [1.165, 1.54) is 0 Å². The summed E-state index contributed by atoms with van der Waals surface area (Å²) < 4.78 is 3.17. The summed E-state index contributed by atoms with van der Waals surface area (Å²) in [5.74, 6) is 1.00. The number of rotatable bonds is 3. The molecule has 0 unspecified atom stereocenters. The van der Waals surface area contributed by atoms with Crippen molar-refractivity contribution in [2.75, 3.05) is 11.9 Å². The van der Waals surface area contributed by atoms with E-state index in [1.54, 1.807) is 8.97 Å². The molecule has 0 aliphatic carbocycles. The lowest BCUT2D eigenvalue weighted by Gasteiger charge is -2.10. The summed E-state index contributed by atoms with van der Waals surface area (Å²) in [7, 11) is 0. The van der Waals surface area contributed by atoms with Crippen molar-refractivity contribution in [1.29, 1.82) is 0 Å². The van der Waals surface area contributed by atoms with Crippen LogP contribution in [0.5, 0.6) is 0 Å². The summed E-state index contributed by atoms with van der Waals surface area (Å²) in [5, 5.41) is 3.10. The molecular weight excluding hydrogens is 242 g/mol. The molecule has 0 saturated carbocycles. The van der Waals surface area contributed by atoms with Gasteiger partial charge in [-0.15, -0.1) is 0 Å². The zero-order valence-corrected chi connectivity index (χ0v) is 10.9. The van der Waals surface area contributed by atoms with Crippen molar-refractivity contribution in [3.63, 3.8) is 0 Å². The van der Waals surface area contributed by atoms with Gasteiger partial charge >= 0.3 is 5.69 Å². The zero-order valence-electron chi connectivity index (χ0n) is 10.9. The number of imidazole rings is 1. The van der Waals surface area contributed by atoms with E-state index >= 15 is 0 Å². The second-order valence-corrected chi connectivity index (χ2v) is 4.23. The van der Waals surface area contributed by atoms with Crippen LogP contribution in [0, 0.1) is 0 Å². The molecule has 2 aromatic heterocycles. The molecule has 0 atom stereocenters. The Morgan fingerprint density at radius 2 is 2.00 bits per heavy atom. The Labute approximate surface area is 109 Å². The summed E-state index contributed by atoms with van der Waals surface area (Å²) in [5.41, 5.74) is 1.46. The van der Waals surface area contributed by atoms with E-state index in [0.29, 0.717) is 24.8 Å². The van der Waals surface area contributed by atoms with Gasteiger partial charge in [0.15, 0.2) is 0 Å². The second-order valence-electron chi connectivity index (χ2n) is 4.23. The predicted octanol–water partition coefficient (Wildman–Crippen LogP) is 1.50. The predicted molar refractivity (Wildman–Crippen MR) is 74.6 cm³/mol. The lowest BCUT2D eigenvalue weighted by atomic mass is 10.3. The van der Waals surface area contributed by atoms with Crippen molar-refractivity contribution >= 4 is 22.8 Å². The van der Waals surface area contributed by atoms with Gasteiger partial charge in [0.2, 0.25) is 11.7 Å². The first-order valence-corrected chi connectivity index (χ1v) is 6.38. The maximum atomic E-state index is 12.5. The highest BCUT2D eigenvalue weighted by Gasteiger charge is 2.13. The molecule has 3 rings (SSSR count). The minimum Gasteiger partial charge on any atom is -0.356 e. The van der Waals surface area contributed by atoms with Crippen LogP contribution in [0.1, 0.15) is 13.8 Å². The molecule has 0 aliphatic heterocycles. The Balaban J connectivity index is 2.45. The number of aromatic nitrogens is 4. The number of benzene rings is 1. The van der Waals surface area contributed by atoms with Crippen molar-refractivity contribution in [2.45, 2.75) is 20.4 Å². The number of nitrogens with one attached hydrogen (secondary N) is 1. The van der Waals surface area contributed by atoms with Gasteiger partial charge < -0.3 is 5.32 Å². The molecule has 1 N–H and O–H groups in total. The van der Waals surface area contributed by atoms with E-state index < -0.39 is 0 Å². The molecule has 0 radical (unpaired) electrons. The quantitative estimate of drug-likeness (QED) is 0.772. The van der Waals surface area contributed by atoms with Crippen LogP contribution >= 0.6 is 0 Å². The first-order valence-electron chi connectivity index (χ1n) is 6.38. The van der Waals surface area contributed by atoms with E-state index in [9.17, 15) is 4.79 Å². The largest absolute Gasteiger partial charge is 0.356 e. The van der Waals surface area contributed by atoms with Crippen LogP contribution in [0.15, 0.2) is 29.1 Å². The van der Waals surface area contributed by atoms with Crippen molar-refractivity contribution < 1.29 is 0 Å². The number of hydrogen-bond donors (Lipinski definition) is 1. The second kappa shape index (κ2) is 4.38. The highest BCUT2D eigenvalue weighted by molar-refractivity contribution is 5.79. The zero-order chi connectivity index (χ0) is 13.4. The van der Waals surface area contributed by atoms with Gasteiger partial charge in [0.25, 0.3) is 0 Å². The lowest BCUT2D eigenvalue weighted by Crippen LogP contribution is -2.29. The number of para-hydroxylation sites is 2. The summed E-state index contributed by atoms with van der Waals surface area (Å²) in [6, 6.07) is 7.56. The topological polar surface area (TPSA) is 64.2 Å². The van der Waals surface area contributed by atoms with Gasteiger partial charge in [-0.1, -0.05) is 12.1 Å². The van der Waals surface area contributed by atoms with Gasteiger partial charge in [-0.25, -0.2) is 14.2 Å². The van der Waals surface area contributed by atoms with Crippen molar-refractivity contribution in [2.24, 2.45) is 0 Å². The number of hydrogen-bond acceptors (Lipinski definition) is 4. The van der Waals surface area contributed by atoms with Gasteiger partial charge in [-0.05, 0) is 26.0 Å². The number of anilines is 1. The van der Waals surface area contributed by atoms with Gasteiger partial charge in [-0.3, -0.25) is 4.57 Å².